The van der Waals surface area contributed by atoms with Gasteiger partial charge in [0.05, 0.1) is 22.5 Å². The molecule has 0 amide bonds. The monoisotopic (exact) mass is 389 g/mol. The van der Waals surface area contributed by atoms with Crippen molar-refractivity contribution in [3.63, 3.8) is 0 Å². The first-order chi connectivity index (χ1) is 14.0. The lowest BCUT2D eigenvalue weighted by molar-refractivity contribution is -0.172. The summed E-state index contributed by atoms with van der Waals surface area (Å²) in [5.41, 5.74) is 9.29. The lowest BCUT2D eigenvalue weighted by atomic mass is 9.86. The van der Waals surface area contributed by atoms with Gasteiger partial charge in [0.25, 0.3) is 5.56 Å². The first-order valence-corrected chi connectivity index (χ1v) is 9.12. The van der Waals surface area contributed by atoms with Crippen LogP contribution in [0.3, 0.4) is 0 Å². The number of hydrogen-bond donors (Lipinski definition) is 1. The van der Waals surface area contributed by atoms with E-state index >= 15 is 0 Å². The van der Waals surface area contributed by atoms with Gasteiger partial charge in [-0.15, -0.1) is 0 Å². The fourth-order valence-electron chi connectivity index (χ4n) is 4.14. The van der Waals surface area contributed by atoms with Crippen molar-refractivity contribution in [2.75, 3.05) is 0 Å². The molecule has 29 heavy (non-hydrogen) atoms. The molecule has 1 unspecified atom stereocenters. The molecule has 9 nitrogen and oxygen atoms in total. The molecule has 0 aliphatic carbocycles. The Bertz CT molecular complexity index is 1320. The van der Waals surface area contributed by atoms with E-state index in [2.05, 4.69) is 15.0 Å². The molecule has 2 aromatic heterocycles. The predicted molar refractivity (Wildman–Crippen MR) is 103 cm³/mol. The highest BCUT2D eigenvalue weighted by Gasteiger charge is 2.46. The number of benzene rings is 1. The smallest absolute Gasteiger partial charge is 0.343 e. The Morgan fingerprint density at radius 1 is 1.38 bits per heavy atom. The number of pyridine rings is 2. The van der Waals surface area contributed by atoms with Gasteiger partial charge in [0.15, 0.2) is 5.60 Å². The Morgan fingerprint density at radius 3 is 2.93 bits per heavy atom. The van der Waals surface area contributed by atoms with Crippen molar-refractivity contribution in [1.29, 1.82) is 0 Å². The Labute approximate surface area is 163 Å². The third-order valence-electron chi connectivity index (χ3n) is 5.67. The van der Waals surface area contributed by atoms with E-state index in [1.807, 2.05) is 30.3 Å². The normalized spacial score (nSPS) is 21.7. The average molecular weight is 389 g/mol. The summed E-state index contributed by atoms with van der Waals surface area (Å²) < 4.78 is 6.42. The fourth-order valence-corrected chi connectivity index (χ4v) is 4.14. The van der Waals surface area contributed by atoms with Gasteiger partial charge in [0.2, 0.25) is 0 Å². The molecule has 2 atom stereocenters. The molecule has 0 saturated heterocycles. The minimum atomic E-state index is -1.91. The highest BCUT2D eigenvalue weighted by atomic mass is 16.6. The summed E-state index contributed by atoms with van der Waals surface area (Å²) >= 11 is 0. The van der Waals surface area contributed by atoms with Crippen LogP contribution in [0.5, 0.6) is 0 Å². The van der Waals surface area contributed by atoms with Gasteiger partial charge in [-0.05, 0) is 30.2 Å². The lowest BCUT2D eigenvalue weighted by Crippen LogP contribution is -2.44. The summed E-state index contributed by atoms with van der Waals surface area (Å²) in [6.07, 6.45) is -0.855. The molecular weight excluding hydrogens is 374 g/mol. The number of carbonyl (C=O) groups excluding carboxylic acids is 1. The van der Waals surface area contributed by atoms with E-state index in [4.69, 9.17) is 10.3 Å². The number of azide groups is 1. The molecule has 0 bridgehead atoms. The number of para-hydroxylation sites is 1. The van der Waals surface area contributed by atoms with E-state index in [1.54, 1.807) is 13.0 Å². The number of fused-ring (bicyclic) bond motifs is 5. The van der Waals surface area contributed by atoms with Crippen LogP contribution in [0, 0.1) is 0 Å². The van der Waals surface area contributed by atoms with E-state index in [0.29, 0.717) is 17.0 Å². The summed E-state index contributed by atoms with van der Waals surface area (Å²) in [4.78, 5) is 33.1. The SMILES string of the molecule is CC[C@@]1(O)C(=O)OCc2c1cc1n(c2=O)C(N=[N+]=[N-])c2cc3ccccc3nc2-1. The van der Waals surface area contributed by atoms with Gasteiger partial charge in [-0.1, -0.05) is 30.2 Å². The first kappa shape index (κ1) is 17.4. The van der Waals surface area contributed by atoms with E-state index < -0.39 is 23.3 Å². The highest BCUT2D eigenvalue weighted by Crippen LogP contribution is 2.43. The summed E-state index contributed by atoms with van der Waals surface area (Å²) in [6.45, 7) is 1.40. The summed E-state index contributed by atoms with van der Waals surface area (Å²) in [5.74, 6) is -0.784. The summed E-state index contributed by atoms with van der Waals surface area (Å²) in [5, 5.41) is 15.6. The van der Waals surface area contributed by atoms with Crippen molar-refractivity contribution < 1.29 is 14.6 Å². The van der Waals surface area contributed by atoms with Crippen LogP contribution in [0.4, 0.5) is 0 Å². The number of aliphatic hydroxyl groups is 1. The standard InChI is InChI=1S/C20H15N5O4/c1-2-20(28)13-8-15-16-11(7-10-5-3-4-6-14(10)22-16)17(23-24-21)25(15)18(26)12(13)9-29-19(20)27/h3-8,17,28H,2,9H2,1H3/t17?,20-/m0/s1. The van der Waals surface area contributed by atoms with E-state index in [9.17, 15) is 14.7 Å². The topological polar surface area (TPSA) is 130 Å². The largest absolute Gasteiger partial charge is 0.458 e. The van der Waals surface area contributed by atoms with E-state index in [1.165, 1.54) is 4.57 Å². The minimum absolute atomic E-state index is 0.0551. The maximum atomic E-state index is 13.3. The van der Waals surface area contributed by atoms with Gasteiger partial charge in [0.1, 0.15) is 12.8 Å². The third-order valence-corrected chi connectivity index (χ3v) is 5.67. The van der Waals surface area contributed by atoms with Gasteiger partial charge in [-0.3, -0.25) is 9.36 Å². The van der Waals surface area contributed by atoms with Crippen molar-refractivity contribution in [3.05, 3.63) is 73.9 Å². The molecule has 5 rings (SSSR count). The van der Waals surface area contributed by atoms with Gasteiger partial charge in [0, 0.05) is 21.4 Å². The van der Waals surface area contributed by atoms with Gasteiger partial charge < -0.3 is 9.84 Å². The van der Waals surface area contributed by atoms with Crippen LogP contribution in [-0.2, 0) is 21.7 Å². The van der Waals surface area contributed by atoms with Crippen LogP contribution in [0.1, 0.15) is 36.2 Å². The fraction of sp³-hybridized carbons (Fsp3) is 0.250. The van der Waals surface area contributed by atoms with E-state index in [-0.39, 0.29) is 24.2 Å². The molecule has 2 aliphatic heterocycles. The molecule has 0 saturated carbocycles. The molecule has 1 N–H and O–H groups in total. The van der Waals surface area contributed by atoms with Crippen molar-refractivity contribution in [3.8, 4) is 11.4 Å². The zero-order valence-electron chi connectivity index (χ0n) is 15.4. The van der Waals surface area contributed by atoms with Crippen LogP contribution < -0.4 is 5.56 Å². The Balaban J connectivity index is 1.89. The molecule has 4 heterocycles. The molecule has 2 aliphatic rings. The Morgan fingerprint density at radius 2 is 2.17 bits per heavy atom. The number of carbonyl (C=O) groups is 1. The molecule has 1 aromatic carbocycles. The van der Waals surface area contributed by atoms with Crippen LogP contribution in [0.2, 0.25) is 0 Å². The second-order valence-corrected chi connectivity index (χ2v) is 7.08. The third kappa shape index (κ3) is 2.19. The van der Waals surface area contributed by atoms with Crippen LogP contribution in [-0.4, -0.2) is 20.6 Å². The summed E-state index contributed by atoms with van der Waals surface area (Å²) in [7, 11) is 0. The molecular formula is C20H15N5O4. The number of esters is 1. The van der Waals surface area contributed by atoms with Crippen LogP contribution in [0.25, 0.3) is 32.7 Å². The maximum absolute atomic E-state index is 13.3. The number of cyclic esters (lactones) is 1. The van der Waals surface area contributed by atoms with Gasteiger partial charge >= 0.3 is 5.97 Å². The highest BCUT2D eigenvalue weighted by molar-refractivity contribution is 5.86. The lowest BCUT2D eigenvalue weighted by Gasteiger charge is -2.32. The number of nitrogens with zero attached hydrogens (tertiary/aromatic N) is 5. The molecule has 0 radical (unpaired) electrons. The van der Waals surface area contributed by atoms with Crippen molar-refractivity contribution in [1.82, 2.24) is 9.55 Å². The molecule has 0 spiro atoms. The Kier molecular flexibility index (Phi) is 3.55. The molecule has 9 heteroatoms. The second kappa shape index (κ2) is 5.91. The molecule has 144 valence electrons. The van der Waals surface area contributed by atoms with Crippen LogP contribution >= 0.6 is 0 Å². The van der Waals surface area contributed by atoms with Gasteiger partial charge in [-0.25, -0.2) is 9.78 Å². The number of rotatable bonds is 2. The molecule has 0 fully saturated rings. The summed E-state index contributed by atoms with van der Waals surface area (Å²) in [6, 6.07) is 10.9. The zero-order valence-corrected chi connectivity index (χ0v) is 15.4. The number of ether oxygens (including phenoxy) is 1. The zero-order chi connectivity index (χ0) is 20.3. The number of hydrogen-bond acceptors (Lipinski definition) is 6. The minimum Gasteiger partial charge on any atom is -0.458 e. The van der Waals surface area contributed by atoms with Gasteiger partial charge in [-0.2, -0.15) is 0 Å². The van der Waals surface area contributed by atoms with E-state index in [0.717, 1.165) is 10.9 Å². The average Bonchev–Trinajstić information content (AvgIpc) is 3.03. The number of aromatic nitrogens is 2. The molecule has 3 aromatic rings. The Hall–Kier alpha value is -3.68. The predicted octanol–water partition coefficient (Wildman–Crippen LogP) is 2.89. The van der Waals surface area contributed by atoms with Crippen molar-refractivity contribution in [2.45, 2.75) is 31.7 Å². The second-order valence-electron chi connectivity index (χ2n) is 7.08. The van der Waals surface area contributed by atoms with Crippen molar-refractivity contribution >= 4 is 16.9 Å². The quantitative estimate of drug-likeness (QED) is 0.312. The van der Waals surface area contributed by atoms with Crippen molar-refractivity contribution in [2.24, 2.45) is 5.11 Å². The maximum Gasteiger partial charge on any atom is 0.343 e. The first-order valence-electron chi connectivity index (χ1n) is 9.12. The van der Waals surface area contributed by atoms with Crippen LogP contribution in [0.15, 0.2) is 46.3 Å².